The van der Waals surface area contributed by atoms with Gasteiger partial charge in [0.05, 0.1) is 12.6 Å². The zero-order valence-corrected chi connectivity index (χ0v) is 10.7. The van der Waals surface area contributed by atoms with Crippen LogP contribution in [0.2, 0.25) is 0 Å². The summed E-state index contributed by atoms with van der Waals surface area (Å²) in [6.45, 7) is 4.80. The molecule has 0 unspecified atom stereocenters. The van der Waals surface area contributed by atoms with E-state index in [1.165, 1.54) is 12.8 Å². The maximum Gasteiger partial charge on any atom is 0.243 e. The molecule has 92 valence electrons. The molecule has 0 spiro atoms. The highest BCUT2D eigenvalue weighted by Crippen LogP contribution is 2.33. The smallest absolute Gasteiger partial charge is 0.243 e. The number of hydrogen-bond acceptors (Lipinski definition) is 2. The average molecular weight is 232 g/mol. The van der Waals surface area contributed by atoms with Crippen LogP contribution >= 0.6 is 0 Å². The number of nitrogens with zero attached hydrogens (tertiary/aromatic N) is 2. The van der Waals surface area contributed by atoms with Crippen molar-refractivity contribution in [3.63, 3.8) is 0 Å². The van der Waals surface area contributed by atoms with Gasteiger partial charge in [-0.1, -0.05) is 19.8 Å². The molecule has 0 N–H and O–H groups in total. The monoisotopic (exact) mass is 232 g/mol. The van der Waals surface area contributed by atoms with Crippen molar-refractivity contribution in [3.8, 4) is 18.4 Å². The molecule has 1 saturated carbocycles. The Hall–Kier alpha value is -1.48. The fourth-order valence-electron chi connectivity index (χ4n) is 2.00. The van der Waals surface area contributed by atoms with Gasteiger partial charge in [-0.3, -0.25) is 4.79 Å². The van der Waals surface area contributed by atoms with Crippen LogP contribution in [0.4, 0.5) is 0 Å². The number of carbonyl (C=O) groups excluding carboxylic acids is 1. The third kappa shape index (κ3) is 3.01. The van der Waals surface area contributed by atoms with Crippen LogP contribution in [0.25, 0.3) is 0 Å². The Labute approximate surface area is 104 Å². The van der Waals surface area contributed by atoms with Crippen molar-refractivity contribution in [2.75, 3.05) is 13.1 Å². The quantitative estimate of drug-likeness (QED) is 0.659. The van der Waals surface area contributed by atoms with Crippen molar-refractivity contribution >= 4 is 5.91 Å². The Bertz CT molecular complexity index is 353. The first-order valence-corrected chi connectivity index (χ1v) is 6.27. The maximum absolute atomic E-state index is 12.4. The van der Waals surface area contributed by atoms with Gasteiger partial charge in [0.2, 0.25) is 5.91 Å². The molecular weight excluding hydrogens is 212 g/mol. The number of amides is 1. The second kappa shape index (κ2) is 5.73. The first kappa shape index (κ1) is 13.6. The molecule has 1 aliphatic rings. The van der Waals surface area contributed by atoms with Crippen molar-refractivity contribution in [2.24, 2.45) is 11.3 Å². The fraction of sp³-hybridized carbons (Fsp3) is 0.714. The lowest BCUT2D eigenvalue weighted by Gasteiger charge is -2.30. The molecule has 0 atom stereocenters. The maximum atomic E-state index is 12.4. The molecule has 1 amide bonds. The molecule has 0 radical (unpaired) electrons. The van der Waals surface area contributed by atoms with Gasteiger partial charge < -0.3 is 4.90 Å². The van der Waals surface area contributed by atoms with Crippen molar-refractivity contribution in [3.05, 3.63) is 0 Å². The first-order chi connectivity index (χ1) is 8.13. The number of hydrogen-bond donors (Lipinski definition) is 0. The van der Waals surface area contributed by atoms with E-state index < -0.39 is 5.41 Å². The molecule has 1 rings (SSSR count). The summed E-state index contributed by atoms with van der Waals surface area (Å²) in [6.07, 6.45) is 8.74. The molecule has 0 bridgehead atoms. The van der Waals surface area contributed by atoms with E-state index in [0.29, 0.717) is 31.8 Å². The molecule has 0 aliphatic heterocycles. The van der Waals surface area contributed by atoms with Crippen molar-refractivity contribution in [1.29, 1.82) is 5.26 Å². The second-order valence-corrected chi connectivity index (χ2v) is 4.73. The normalized spacial score (nSPS) is 14.8. The van der Waals surface area contributed by atoms with Gasteiger partial charge in [-0.25, -0.2) is 0 Å². The van der Waals surface area contributed by atoms with Gasteiger partial charge in [0, 0.05) is 6.54 Å². The van der Waals surface area contributed by atoms with E-state index in [1.807, 2.05) is 13.8 Å². The van der Waals surface area contributed by atoms with Gasteiger partial charge in [-0.05, 0) is 31.6 Å². The fourth-order valence-corrected chi connectivity index (χ4v) is 2.00. The van der Waals surface area contributed by atoms with Gasteiger partial charge in [-0.2, -0.15) is 5.26 Å². The van der Waals surface area contributed by atoms with Gasteiger partial charge in [0.15, 0.2) is 0 Å². The summed E-state index contributed by atoms with van der Waals surface area (Å²) in [4.78, 5) is 14.1. The molecule has 3 nitrogen and oxygen atoms in total. The Morgan fingerprint density at radius 2 is 2.06 bits per heavy atom. The summed E-state index contributed by atoms with van der Waals surface area (Å²) in [5, 5.41) is 9.26. The average Bonchev–Trinajstić information content (AvgIpc) is 3.15. The van der Waals surface area contributed by atoms with Crippen LogP contribution in [-0.2, 0) is 4.79 Å². The third-order valence-corrected chi connectivity index (χ3v) is 3.58. The molecular formula is C14H20N2O. The Kier molecular flexibility index (Phi) is 4.58. The van der Waals surface area contributed by atoms with E-state index in [1.54, 1.807) is 4.90 Å². The zero-order valence-electron chi connectivity index (χ0n) is 10.7. The summed E-state index contributed by atoms with van der Waals surface area (Å²) in [5.74, 6) is 3.03. The predicted octanol–water partition coefficient (Wildman–Crippen LogP) is 2.19. The highest BCUT2D eigenvalue weighted by molar-refractivity contribution is 5.85. The topological polar surface area (TPSA) is 44.1 Å². The lowest BCUT2D eigenvalue weighted by atomic mass is 9.82. The molecule has 0 heterocycles. The third-order valence-electron chi connectivity index (χ3n) is 3.58. The Morgan fingerprint density at radius 1 is 1.47 bits per heavy atom. The zero-order chi connectivity index (χ0) is 12.9. The molecule has 1 fully saturated rings. The van der Waals surface area contributed by atoms with Gasteiger partial charge >= 0.3 is 0 Å². The van der Waals surface area contributed by atoms with E-state index in [9.17, 15) is 10.1 Å². The Balaban J connectivity index is 2.81. The number of rotatable bonds is 6. The molecule has 17 heavy (non-hydrogen) atoms. The first-order valence-electron chi connectivity index (χ1n) is 6.27. The summed E-state index contributed by atoms with van der Waals surface area (Å²) in [6, 6.07) is 2.19. The lowest BCUT2D eigenvalue weighted by molar-refractivity contribution is -0.139. The van der Waals surface area contributed by atoms with Crippen LogP contribution in [0.1, 0.15) is 39.5 Å². The molecule has 0 aromatic rings. The second-order valence-electron chi connectivity index (χ2n) is 4.73. The highest BCUT2D eigenvalue weighted by atomic mass is 16.2. The minimum Gasteiger partial charge on any atom is -0.330 e. The van der Waals surface area contributed by atoms with E-state index in [4.69, 9.17) is 6.42 Å². The Morgan fingerprint density at radius 3 is 2.41 bits per heavy atom. The van der Waals surface area contributed by atoms with Crippen LogP contribution in [0.3, 0.4) is 0 Å². The lowest BCUT2D eigenvalue weighted by Crippen LogP contribution is -2.44. The van der Waals surface area contributed by atoms with Gasteiger partial charge in [0.25, 0.3) is 0 Å². The standard InChI is InChI=1S/C14H20N2O/c1-4-9-16(10-12-7-8-12)13(17)14(5-2,6-3)11-15/h1,12H,5-10H2,2-3H3. The van der Waals surface area contributed by atoms with E-state index in [2.05, 4.69) is 12.0 Å². The van der Waals surface area contributed by atoms with Crippen LogP contribution in [0, 0.1) is 35.0 Å². The summed E-state index contributed by atoms with van der Waals surface area (Å²) >= 11 is 0. The largest absolute Gasteiger partial charge is 0.330 e. The van der Waals surface area contributed by atoms with Crippen LogP contribution in [0.5, 0.6) is 0 Å². The number of terminal acetylenes is 1. The van der Waals surface area contributed by atoms with E-state index in [0.717, 1.165) is 0 Å². The van der Waals surface area contributed by atoms with Gasteiger partial charge in [0.1, 0.15) is 5.41 Å². The number of nitriles is 1. The highest BCUT2D eigenvalue weighted by Gasteiger charge is 2.39. The van der Waals surface area contributed by atoms with Crippen LogP contribution < -0.4 is 0 Å². The molecule has 0 aromatic heterocycles. The summed E-state index contributed by atoms with van der Waals surface area (Å²) in [7, 11) is 0. The van der Waals surface area contributed by atoms with E-state index in [-0.39, 0.29) is 5.91 Å². The van der Waals surface area contributed by atoms with E-state index >= 15 is 0 Å². The molecule has 0 aromatic carbocycles. The van der Waals surface area contributed by atoms with Crippen molar-refractivity contribution in [1.82, 2.24) is 4.90 Å². The van der Waals surface area contributed by atoms with Crippen LogP contribution in [-0.4, -0.2) is 23.9 Å². The summed E-state index contributed by atoms with van der Waals surface area (Å²) < 4.78 is 0. The summed E-state index contributed by atoms with van der Waals surface area (Å²) in [5.41, 5.74) is -0.883. The van der Waals surface area contributed by atoms with Crippen LogP contribution in [0.15, 0.2) is 0 Å². The SMILES string of the molecule is C#CCN(CC1CC1)C(=O)C(C#N)(CC)CC. The number of carbonyl (C=O) groups is 1. The molecule has 1 aliphatic carbocycles. The minimum absolute atomic E-state index is 0.0881. The minimum atomic E-state index is -0.883. The molecule has 0 saturated heterocycles. The van der Waals surface area contributed by atoms with Gasteiger partial charge in [-0.15, -0.1) is 6.42 Å². The van der Waals surface area contributed by atoms with Crippen molar-refractivity contribution < 1.29 is 4.79 Å². The van der Waals surface area contributed by atoms with Crippen molar-refractivity contribution in [2.45, 2.75) is 39.5 Å². The molecule has 3 heteroatoms. The predicted molar refractivity (Wildman–Crippen MR) is 66.8 cm³/mol.